The number of thioether (sulfide) groups is 1. The molecule has 4 heteroatoms. The van der Waals surface area contributed by atoms with Crippen molar-refractivity contribution in [3.8, 4) is 0 Å². The molecule has 20 heavy (non-hydrogen) atoms. The number of rotatable bonds is 2. The molecule has 0 aromatic heterocycles. The molecule has 3 nitrogen and oxygen atoms in total. The maximum Gasteiger partial charge on any atom is 0.224 e. The molecule has 0 aliphatic carbocycles. The van der Waals surface area contributed by atoms with E-state index in [1.807, 2.05) is 11.8 Å². The lowest BCUT2D eigenvalue weighted by molar-refractivity contribution is -0.131. The largest absolute Gasteiger partial charge is 0.342 e. The van der Waals surface area contributed by atoms with E-state index in [0.717, 1.165) is 38.2 Å². The SMILES string of the molecule is O=C(CC1CSCCN1)N1CCc2ccccc2CC1. The van der Waals surface area contributed by atoms with E-state index in [9.17, 15) is 4.79 Å². The minimum Gasteiger partial charge on any atom is -0.342 e. The molecule has 2 aliphatic heterocycles. The van der Waals surface area contributed by atoms with Gasteiger partial charge in [0.05, 0.1) is 0 Å². The Kier molecular flexibility index (Phi) is 4.63. The van der Waals surface area contributed by atoms with E-state index in [1.165, 1.54) is 16.9 Å². The summed E-state index contributed by atoms with van der Waals surface area (Å²) < 4.78 is 0. The van der Waals surface area contributed by atoms with E-state index in [1.54, 1.807) is 0 Å². The van der Waals surface area contributed by atoms with Gasteiger partial charge in [0.1, 0.15) is 0 Å². The topological polar surface area (TPSA) is 32.3 Å². The number of fused-ring (bicyclic) bond motifs is 1. The Morgan fingerprint density at radius 1 is 1.25 bits per heavy atom. The van der Waals surface area contributed by atoms with E-state index in [0.29, 0.717) is 18.4 Å². The average Bonchev–Trinajstić information content (AvgIpc) is 2.71. The van der Waals surface area contributed by atoms with Crippen molar-refractivity contribution >= 4 is 17.7 Å². The molecule has 2 aliphatic rings. The second kappa shape index (κ2) is 6.64. The lowest BCUT2D eigenvalue weighted by Gasteiger charge is -2.26. The van der Waals surface area contributed by atoms with Gasteiger partial charge < -0.3 is 10.2 Å². The highest BCUT2D eigenvalue weighted by Crippen LogP contribution is 2.17. The highest BCUT2D eigenvalue weighted by molar-refractivity contribution is 7.99. The summed E-state index contributed by atoms with van der Waals surface area (Å²) in [7, 11) is 0. The summed E-state index contributed by atoms with van der Waals surface area (Å²) in [5.41, 5.74) is 2.82. The van der Waals surface area contributed by atoms with Crippen molar-refractivity contribution in [3.05, 3.63) is 35.4 Å². The van der Waals surface area contributed by atoms with Gasteiger partial charge in [0.15, 0.2) is 0 Å². The van der Waals surface area contributed by atoms with Gasteiger partial charge in [-0.2, -0.15) is 11.8 Å². The highest BCUT2D eigenvalue weighted by atomic mass is 32.2. The van der Waals surface area contributed by atoms with Crippen LogP contribution in [0.5, 0.6) is 0 Å². The molecule has 0 saturated carbocycles. The Balaban J connectivity index is 1.57. The van der Waals surface area contributed by atoms with Gasteiger partial charge in [-0.15, -0.1) is 0 Å². The van der Waals surface area contributed by atoms with Crippen LogP contribution in [0, 0.1) is 0 Å². The number of hydrogen-bond acceptors (Lipinski definition) is 3. The van der Waals surface area contributed by atoms with Crippen LogP contribution in [0.25, 0.3) is 0 Å². The Bertz CT molecular complexity index is 444. The third-order valence-corrected chi connectivity index (χ3v) is 5.32. The van der Waals surface area contributed by atoms with E-state index in [2.05, 4.69) is 34.5 Å². The van der Waals surface area contributed by atoms with E-state index in [-0.39, 0.29) is 0 Å². The fourth-order valence-electron chi connectivity index (χ4n) is 3.01. The number of carbonyl (C=O) groups excluding carboxylic acids is 1. The Morgan fingerprint density at radius 3 is 2.55 bits per heavy atom. The second-order valence-corrected chi connectivity index (χ2v) is 6.73. The number of nitrogens with zero attached hydrogens (tertiary/aromatic N) is 1. The van der Waals surface area contributed by atoms with Crippen LogP contribution in [0.2, 0.25) is 0 Å². The Hall–Kier alpha value is -1.00. The molecule has 1 aromatic rings. The normalized spacial score (nSPS) is 23.0. The summed E-state index contributed by atoms with van der Waals surface area (Å²) in [6.07, 6.45) is 2.65. The molecule has 0 spiro atoms. The van der Waals surface area contributed by atoms with Crippen LogP contribution >= 0.6 is 11.8 Å². The molecule has 2 heterocycles. The van der Waals surface area contributed by atoms with Gasteiger partial charge in [-0.05, 0) is 24.0 Å². The predicted octanol–water partition coefficient (Wildman–Crippen LogP) is 1.71. The molecule has 1 amide bonds. The summed E-state index contributed by atoms with van der Waals surface area (Å²) in [4.78, 5) is 14.5. The number of nitrogens with one attached hydrogen (secondary N) is 1. The zero-order valence-corrected chi connectivity index (χ0v) is 12.6. The third kappa shape index (κ3) is 3.36. The molecule has 1 saturated heterocycles. The van der Waals surface area contributed by atoms with E-state index >= 15 is 0 Å². The van der Waals surface area contributed by atoms with Crippen molar-refractivity contribution in [1.82, 2.24) is 10.2 Å². The first kappa shape index (κ1) is 14.0. The summed E-state index contributed by atoms with van der Waals surface area (Å²) >= 11 is 1.95. The van der Waals surface area contributed by atoms with Crippen LogP contribution in [-0.2, 0) is 17.6 Å². The first-order chi connectivity index (χ1) is 9.83. The van der Waals surface area contributed by atoms with Gasteiger partial charge in [-0.1, -0.05) is 24.3 Å². The number of amides is 1. The minimum absolute atomic E-state index is 0.317. The molecule has 1 N–H and O–H groups in total. The van der Waals surface area contributed by atoms with Crippen LogP contribution < -0.4 is 5.32 Å². The van der Waals surface area contributed by atoms with Crippen molar-refractivity contribution < 1.29 is 4.79 Å². The van der Waals surface area contributed by atoms with Crippen molar-refractivity contribution in [3.63, 3.8) is 0 Å². The van der Waals surface area contributed by atoms with Crippen molar-refractivity contribution in [2.75, 3.05) is 31.1 Å². The standard InChI is InChI=1S/C16H22N2OS/c19-16(11-15-12-20-10-7-17-15)18-8-5-13-3-1-2-4-14(13)6-9-18/h1-4,15,17H,5-12H2. The van der Waals surface area contributed by atoms with Crippen LogP contribution in [0.15, 0.2) is 24.3 Å². The van der Waals surface area contributed by atoms with Gasteiger partial charge in [0.2, 0.25) is 5.91 Å². The van der Waals surface area contributed by atoms with Crippen LogP contribution in [0.3, 0.4) is 0 Å². The van der Waals surface area contributed by atoms with Gasteiger partial charge in [0, 0.05) is 43.6 Å². The Morgan fingerprint density at radius 2 is 1.95 bits per heavy atom. The fraction of sp³-hybridized carbons (Fsp3) is 0.562. The second-order valence-electron chi connectivity index (χ2n) is 5.58. The lowest BCUT2D eigenvalue weighted by Crippen LogP contribution is -2.43. The number of carbonyl (C=O) groups is 1. The highest BCUT2D eigenvalue weighted by Gasteiger charge is 2.22. The first-order valence-corrected chi connectivity index (χ1v) is 8.64. The third-order valence-electron chi connectivity index (χ3n) is 4.19. The summed E-state index contributed by atoms with van der Waals surface area (Å²) in [5.74, 6) is 2.56. The zero-order valence-electron chi connectivity index (χ0n) is 11.8. The molecule has 108 valence electrons. The zero-order chi connectivity index (χ0) is 13.8. The molecule has 0 radical (unpaired) electrons. The molecular formula is C16H22N2OS. The summed E-state index contributed by atoms with van der Waals surface area (Å²) in [6.45, 7) is 2.78. The van der Waals surface area contributed by atoms with Crippen LogP contribution in [0.1, 0.15) is 17.5 Å². The van der Waals surface area contributed by atoms with Crippen LogP contribution in [-0.4, -0.2) is 48.0 Å². The maximum absolute atomic E-state index is 12.4. The van der Waals surface area contributed by atoms with Crippen molar-refractivity contribution in [2.45, 2.75) is 25.3 Å². The van der Waals surface area contributed by atoms with Crippen molar-refractivity contribution in [1.29, 1.82) is 0 Å². The van der Waals surface area contributed by atoms with E-state index < -0.39 is 0 Å². The first-order valence-electron chi connectivity index (χ1n) is 7.48. The molecule has 1 aromatic carbocycles. The Labute approximate surface area is 125 Å². The molecule has 1 fully saturated rings. The number of hydrogen-bond donors (Lipinski definition) is 1. The number of benzene rings is 1. The molecule has 0 bridgehead atoms. The summed E-state index contributed by atoms with van der Waals surface area (Å²) in [5, 5.41) is 3.45. The van der Waals surface area contributed by atoms with Gasteiger partial charge in [-0.3, -0.25) is 4.79 Å². The smallest absolute Gasteiger partial charge is 0.224 e. The predicted molar refractivity (Wildman–Crippen MR) is 84.2 cm³/mol. The maximum atomic E-state index is 12.4. The molecule has 1 unspecified atom stereocenters. The average molecular weight is 290 g/mol. The van der Waals surface area contributed by atoms with E-state index in [4.69, 9.17) is 0 Å². The molecular weight excluding hydrogens is 268 g/mol. The monoisotopic (exact) mass is 290 g/mol. The molecule has 3 rings (SSSR count). The molecule has 1 atom stereocenters. The van der Waals surface area contributed by atoms with Gasteiger partial charge in [0.25, 0.3) is 0 Å². The van der Waals surface area contributed by atoms with Crippen molar-refractivity contribution in [2.24, 2.45) is 0 Å². The van der Waals surface area contributed by atoms with Gasteiger partial charge in [-0.25, -0.2) is 0 Å². The summed E-state index contributed by atoms with van der Waals surface area (Å²) in [6, 6.07) is 8.96. The quantitative estimate of drug-likeness (QED) is 0.900. The minimum atomic E-state index is 0.317. The van der Waals surface area contributed by atoms with Gasteiger partial charge >= 0.3 is 0 Å². The fourth-order valence-corrected chi connectivity index (χ4v) is 3.96. The lowest BCUT2D eigenvalue weighted by atomic mass is 10.0. The van der Waals surface area contributed by atoms with Crippen LogP contribution in [0.4, 0.5) is 0 Å².